The van der Waals surface area contributed by atoms with E-state index in [9.17, 15) is 9.18 Å². The van der Waals surface area contributed by atoms with Gasteiger partial charge in [0.25, 0.3) is 0 Å². The molecular formula is C12H15FO2. The topological polar surface area (TPSA) is 26.3 Å². The molecule has 0 spiro atoms. The van der Waals surface area contributed by atoms with Gasteiger partial charge in [0.1, 0.15) is 17.3 Å². The van der Waals surface area contributed by atoms with Crippen molar-refractivity contribution in [3.05, 3.63) is 30.1 Å². The fourth-order valence-electron chi connectivity index (χ4n) is 1.19. The van der Waals surface area contributed by atoms with Gasteiger partial charge in [0.2, 0.25) is 0 Å². The molecule has 1 rings (SSSR count). The molecule has 82 valence electrons. The number of ketones is 1. The number of carbonyl (C=O) groups is 1. The van der Waals surface area contributed by atoms with Crippen molar-refractivity contribution in [3.8, 4) is 5.75 Å². The Morgan fingerprint density at radius 2 is 2.27 bits per heavy atom. The highest BCUT2D eigenvalue weighted by molar-refractivity contribution is 5.77. The molecule has 0 saturated carbocycles. The van der Waals surface area contributed by atoms with E-state index >= 15 is 0 Å². The van der Waals surface area contributed by atoms with Gasteiger partial charge >= 0.3 is 0 Å². The molecule has 0 atom stereocenters. The zero-order valence-electron chi connectivity index (χ0n) is 8.83. The predicted molar refractivity (Wildman–Crippen MR) is 56.4 cm³/mol. The number of Topliss-reactive ketones (excluding diaryl/α,β-unsaturated/α-hetero) is 1. The molecule has 15 heavy (non-hydrogen) atoms. The highest BCUT2D eigenvalue weighted by atomic mass is 19.1. The second kappa shape index (κ2) is 6.17. The van der Waals surface area contributed by atoms with Crippen molar-refractivity contribution in [1.82, 2.24) is 0 Å². The molecule has 0 amide bonds. The maximum absolute atomic E-state index is 12.7. The Hall–Kier alpha value is -1.38. The monoisotopic (exact) mass is 210 g/mol. The van der Waals surface area contributed by atoms with E-state index in [2.05, 4.69) is 0 Å². The molecule has 1 aromatic rings. The van der Waals surface area contributed by atoms with Crippen LogP contribution in [0.1, 0.15) is 26.2 Å². The quantitative estimate of drug-likeness (QED) is 0.675. The Kier molecular flexibility index (Phi) is 4.81. The molecule has 2 nitrogen and oxygen atoms in total. The molecule has 0 fully saturated rings. The lowest BCUT2D eigenvalue weighted by Crippen LogP contribution is -2.02. The standard InChI is InChI=1S/C12H15FO2/c1-2-11(14)6-4-8-15-12-7-3-5-10(13)9-12/h3,5,7,9H,2,4,6,8H2,1H3. The Balaban J connectivity index is 2.23. The maximum atomic E-state index is 12.7. The van der Waals surface area contributed by atoms with E-state index in [1.54, 1.807) is 12.1 Å². The van der Waals surface area contributed by atoms with Crippen LogP contribution in [0, 0.1) is 5.82 Å². The number of hydrogen-bond acceptors (Lipinski definition) is 2. The van der Waals surface area contributed by atoms with Crippen LogP contribution < -0.4 is 4.74 Å². The number of halogens is 1. The average molecular weight is 210 g/mol. The van der Waals surface area contributed by atoms with Crippen LogP contribution in [0.25, 0.3) is 0 Å². The Labute approximate surface area is 89.1 Å². The first-order valence-electron chi connectivity index (χ1n) is 5.12. The summed E-state index contributed by atoms with van der Waals surface area (Å²) < 4.78 is 18.0. The zero-order valence-corrected chi connectivity index (χ0v) is 8.83. The lowest BCUT2D eigenvalue weighted by molar-refractivity contribution is -0.118. The lowest BCUT2D eigenvalue weighted by Gasteiger charge is -2.05. The van der Waals surface area contributed by atoms with Gasteiger partial charge in [-0.2, -0.15) is 0 Å². The fourth-order valence-corrected chi connectivity index (χ4v) is 1.19. The first-order valence-corrected chi connectivity index (χ1v) is 5.12. The van der Waals surface area contributed by atoms with Crippen LogP contribution in [-0.4, -0.2) is 12.4 Å². The molecule has 0 aliphatic rings. The SMILES string of the molecule is CCC(=O)CCCOc1cccc(F)c1. The minimum atomic E-state index is -0.308. The van der Waals surface area contributed by atoms with E-state index in [0.717, 1.165) is 0 Å². The second-order valence-electron chi connectivity index (χ2n) is 3.30. The third-order valence-electron chi connectivity index (χ3n) is 2.06. The normalized spacial score (nSPS) is 10.0. The summed E-state index contributed by atoms with van der Waals surface area (Å²) in [6.07, 6.45) is 1.79. The molecular weight excluding hydrogens is 195 g/mol. The molecule has 0 aromatic heterocycles. The Morgan fingerprint density at radius 3 is 2.93 bits per heavy atom. The summed E-state index contributed by atoms with van der Waals surface area (Å²) in [4.78, 5) is 11.0. The third-order valence-corrected chi connectivity index (χ3v) is 2.06. The summed E-state index contributed by atoms with van der Waals surface area (Å²) >= 11 is 0. The summed E-state index contributed by atoms with van der Waals surface area (Å²) in [6.45, 7) is 2.30. The van der Waals surface area contributed by atoms with Gasteiger partial charge in [-0.3, -0.25) is 4.79 Å². The highest BCUT2D eigenvalue weighted by Gasteiger charge is 1.99. The van der Waals surface area contributed by atoms with Gasteiger partial charge < -0.3 is 4.74 Å². The van der Waals surface area contributed by atoms with Crippen molar-refractivity contribution in [3.63, 3.8) is 0 Å². The van der Waals surface area contributed by atoms with Crippen molar-refractivity contribution < 1.29 is 13.9 Å². The van der Waals surface area contributed by atoms with E-state index in [0.29, 0.717) is 31.6 Å². The molecule has 0 unspecified atom stereocenters. The van der Waals surface area contributed by atoms with E-state index in [1.807, 2.05) is 6.92 Å². The fraction of sp³-hybridized carbons (Fsp3) is 0.417. The first kappa shape index (κ1) is 11.7. The maximum Gasteiger partial charge on any atom is 0.132 e. The van der Waals surface area contributed by atoms with E-state index in [4.69, 9.17) is 4.74 Å². The first-order chi connectivity index (χ1) is 7.22. The molecule has 0 N–H and O–H groups in total. The number of benzene rings is 1. The van der Waals surface area contributed by atoms with Crippen LogP contribution in [-0.2, 0) is 4.79 Å². The van der Waals surface area contributed by atoms with Crippen molar-refractivity contribution in [2.24, 2.45) is 0 Å². The summed E-state index contributed by atoms with van der Waals surface area (Å²) in [7, 11) is 0. The van der Waals surface area contributed by atoms with Crippen molar-refractivity contribution in [2.45, 2.75) is 26.2 Å². The van der Waals surface area contributed by atoms with Gasteiger partial charge in [-0.1, -0.05) is 13.0 Å². The number of rotatable bonds is 6. The van der Waals surface area contributed by atoms with Crippen molar-refractivity contribution in [1.29, 1.82) is 0 Å². The minimum Gasteiger partial charge on any atom is -0.493 e. The van der Waals surface area contributed by atoms with Crippen LogP contribution in [0.3, 0.4) is 0 Å². The van der Waals surface area contributed by atoms with Gasteiger partial charge in [0.15, 0.2) is 0 Å². The second-order valence-corrected chi connectivity index (χ2v) is 3.30. The predicted octanol–water partition coefficient (Wildman–Crippen LogP) is 2.96. The van der Waals surface area contributed by atoms with Crippen LogP contribution in [0.4, 0.5) is 4.39 Å². The molecule has 0 heterocycles. The largest absolute Gasteiger partial charge is 0.493 e. The molecule has 0 radical (unpaired) electrons. The smallest absolute Gasteiger partial charge is 0.132 e. The summed E-state index contributed by atoms with van der Waals surface area (Å²) in [5.74, 6) is 0.439. The molecule has 0 saturated heterocycles. The van der Waals surface area contributed by atoms with Gasteiger partial charge in [-0.15, -0.1) is 0 Å². The van der Waals surface area contributed by atoms with Gasteiger partial charge in [0.05, 0.1) is 6.61 Å². The summed E-state index contributed by atoms with van der Waals surface area (Å²) in [6, 6.07) is 6.00. The molecule has 0 bridgehead atoms. The van der Waals surface area contributed by atoms with Gasteiger partial charge in [-0.05, 0) is 18.6 Å². The molecule has 0 aliphatic carbocycles. The number of hydrogen-bond donors (Lipinski definition) is 0. The van der Waals surface area contributed by atoms with E-state index < -0.39 is 0 Å². The molecule has 0 aliphatic heterocycles. The van der Waals surface area contributed by atoms with Gasteiger partial charge in [-0.25, -0.2) is 4.39 Å². The van der Waals surface area contributed by atoms with Crippen molar-refractivity contribution in [2.75, 3.05) is 6.61 Å². The van der Waals surface area contributed by atoms with Crippen LogP contribution in [0.15, 0.2) is 24.3 Å². The highest BCUT2D eigenvalue weighted by Crippen LogP contribution is 2.12. The molecule has 1 aromatic carbocycles. The van der Waals surface area contributed by atoms with E-state index in [-0.39, 0.29) is 11.6 Å². The third kappa shape index (κ3) is 4.58. The van der Waals surface area contributed by atoms with Gasteiger partial charge in [0, 0.05) is 18.9 Å². The number of carbonyl (C=O) groups excluding carboxylic acids is 1. The van der Waals surface area contributed by atoms with Crippen LogP contribution in [0.5, 0.6) is 5.75 Å². The van der Waals surface area contributed by atoms with Crippen molar-refractivity contribution >= 4 is 5.78 Å². The summed E-state index contributed by atoms with van der Waals surface area (Å²) in [5.41, 5.74) is 0. The van der Waals surface area contributed by atoms with Crippen LogP contribution >= 0.6 is 0 Å². The zero-order chi connectivity index (χ0) is 11.1. The minimum absolute atomic E-state index is 0.234. The Morgan fingerprint density at radius 1 is 1.47 bits per heavy atom. The average Bonchev–Trinajstić information content (AvgIpc) is 2.24. The van der Waals surface area contributed by atoms with E-state index in [1.165, 1.54) is 12.1 Å². The molecule has 3 heteroatoms. The van der Waals surface area contributed by atoms with Crippen LogP contribution in [0.2, 0.25) is 0 Å². The number of ether oxygens (including phenoxy) is 1. The summed E-state index contributed by atoms with van der Waals surface area (Å²) in [5, 5.41) is 0. The Bertz CT molecular complexity index is 323. The lowest BCUT2D eigenvalue weighted by atomic mass is 10.2.